The van der Waals surface area contributed by atoms with Crippen LogP contribution in [0.2, 0.25) is 0 Å². The van der Waals surface area contributed by atoms with Crippen LogP contribution in [0.15, 0.2) is 41.4 Å². The van der Waals surface area contributed by atoms with Gasteiger partial charge in [-0.1, -0.05) is 12.1 Å². The predicted molar refractivity (Wildman–Crippen MR) is 123 cm³/mol. The van der Waals surface area contributed by atoms with E-state index >= 15 is 0 Å². The smallest absolute Gasteiger partial charge is 0.251 e. The topological polar surface area (TPSA) is 84.0 Å². The van der Waals surface area contributed by atoms with Gasteiger partial charge in [0.2, 0.25) is 0 Å². The van der Waals surface area contributed by atoms with Crippen LogP contribution < -0.4 is 25.4 Å². The van der Waals surface area contributed by atoms with Gasteiger partial charge < -0.3 is 25.4 Å². The van der Waals surface area contributed by atoms with Gasteiger partial charge in [0.05, 0.1) is 13.2 Å². The van der Waals surface area contributed by atoms with Crippen molar-refractivity contribution in [2.24, 2.45) is 4.99 Å². The highest BCUT2D eigenvalue weighted by Gasteiger charge is 2.21. The molecule has 0 saturated carbocycles. The lowest BCUT2D eigenvalue weighted by atomic mass is 10.1. The monoisotopic (exact) mass is 424 g/mol. The van der Waals surface area contributed by atoms with E-state index in [9.17, 15) is 4.79 Å². The molecule has 166 valence electrons. The summed E-state index contributed by atoms with van der Waals surface area (Å²) in [7, 11) is 1.62. The van der Waals surface area contributed by atoms with Gasteiger partial charge in [0, 0.05) is 43.2 Å². The molecule has 0 bridgehead atoms. The lowest BCUT2D eigenvalue weighted by Gasteiger charge is -2.15. The first-order valence-electron chi connectivity index (χ1n) is 10.8. The van der Waals surface area contributed by atoms with Crippen LogP contribution in [-0.4, -0.2) is 38.2 Å². The maximum atomic E-state index is 11.7. The number of carbonyl (C=O) groups excluding carboxylic acids is 1. The Morgan fingerprint density at radius 1 is 1.19 bits per heavy atom. The lowest BCUT2D eigenvalue weighted by molar-refractivity contribution is 0.0963. The van der Waals surface area contributed by atoms with Gasteiger partial charge in [-0.2, -0.15) is 0 Å². The number of fused-ring (bicyclic) bond motifs is 1. The number of rotatable bonds is 8. The van der Waals surface area contributed by atoms with Crippen molar-refractivity contribution in [3.05, 3.63) is 58.7 Å². The Labute approximate surface area is 184 Å². The average Bonchev–Trinajstić information content (AvgIpc) is 3.14. The molecule has 1 unspecified atom stereocenters. The van der Waals surface area contributed by atoms with Crippen LogP contribution >= 0.6 is 0 Å². The molecule has 2 aromatic rings. The summed E-state index contributed by atoms with van der Waals surface area (Å²) in [6, 6.07) is 11.6. The fourth-order valence-corrected chi connectivity index (χ4v) is 3.51. The summed E-state index contributed by atoms with van der Waals surface area (Å²) in [6.45, 7) is 8.55. The van der Waals surface area contributed by atoms with Crippen LogP contribution in [0.3, 0.4) is 0 Å². The number of hydrogen-bond donors (Lipinski definition) is 3. The Balaban J connectivity index is 1.69. The zero-order chi connectivity index (χ0) is 22.2. The van der Waals surface area contributed by atoms with E-state index in [0.29, 0.717) is 25.3 Å². The van der Waals surface area contributed by atoms with E-state index in [1.165, 1.54) is 5.56 Å². The standard InChI is InChI=1S/C24H32N4O3/c1-5-26-24(27-14-17-7-9-18(10-8-17)23(29)25-4)28-15-20-13-22-19(11-16(3)31-22)12-21(20)30-6-2/h7-10,12-13,16H,5-6,11,14-15H2,1-4H3,(H,25,29)(H2,26,27,28). The van der Waals surface area contributed by atoms with Crippen LogP contribution in [-0.2, 0) is 19.5 Å². The molecule has 1 amide bonds. The third kappa shape index (κ3) is 5.90. The average molecular weight is 425 g/mol. The highest BCUT2D eigenvalue weighted by Crippen LogP contribution is 2.35. The van der Waals surface area contributed by atoms with Crippen molar-refractivity contribution in [3.8, 4) is 11.5 Å². The summed E-state index contributed by atoms with van der Waals surface area (Å²) in [4.78, 5) is 16.4. The number of aliphatic imine (C=N–C) groups is 1. The van der Waals surface area contributed by atoms with E-state index in [1.54, 1.807) is 7.05 Å². The van der Waals surface area contributed by atoms with Gasteiger partial charge in [-0.25, -0.2) is 4.99 Å². The van der Waals surface area contributed by atoms with Gasteiger partial charge >= 0.3 is 0 Å². The number of ether oxygens (including phenoxy) is 2. The second-order valence-corrected chi connectivity index (χ2v) is 7.46. The Kier molecular flexibility index (Phi) is 7.76. The van der Waals surface area contributed by atoms with E-state index in [2.05, 4.69) is 40.0 Å². The van der Waals surface area contributed by atoms with E-state index in [-0.39, 0.29) is 12.0 Å². The fraction of sp³-hybridized carbons (Fsp3) is 0.417. The van der Waals surface area contributed by atoms with Gasteiger partial charge in [-0.05, 0) is 50.6 Å². The van der Waals surface area contributed by atoms with Crippen molar-refractivity contribution >= 4 is 11.9 Å². The van der Waals surface area contributed by atoms with E-state index in [1.807, 2.05) is 38.1 Å². The molecule has 0 aliphatic carbocycles. The van der Waals surface area contributed by atoms with Crippen molar-refractivity contribution in [3.63, 3.8) is 0 Å². The van der Waals surface area contributed by atoms with Crippen LogP contribution in [0, 0.1) is 0 Å². The van der Waals surface area contributed by atoms with Crippen molar-refractivity contribution in [2.75, 3.05) is 20.2 Å². The zero-order valence-corrected chi connectivity index (χ0v) is 18.7. The first-order chi connectivity index (χ1) is 15.0. The molecule has 0 aromatic heterocycles. The summed E-state index contributed by atoms with van der Waals surface area (Å²) in [5.41, 5.74) is 3.90. The summed E-state index contributed by atoms with van der Waals surface area (Å²) in [5.74, 6) is 2.44. The van der Waals surface area contributed by atoms with Gasteiger partial charge in [0.1, 0.15) is 17.6 Å². The van der Waals surface area contributed by atoms with Crippen molar-refractivity contribution in [2.45, 2.75) is 46.4 Å². The third-order valence-corrected chi connectivity index (χ3v) is 5.03. The van der Waals surface area contributed by atoms with E-state index < -0.39 is 0 Å². The molecule has 7 nitrogen and oxygen atoms in total. The van der Waals surface area contributed by atoms with Gasteiger partial charge in [0.15, 0.2) is 5.96 Å². The second-order valence-electron chi connectivity index (χ2n) is 7.46. The molecule has 2 aromatic carbocycles. The highest BCUT2D eigenvalue weighted by molar-refractivity contribution is 5.93. The normalized spacial score (nSPS) is 15.1. The number of hydrogen-bond acceptors (Lipinski definition) is 4. The number of amides is 1. The van der Waals surface area contributed by atoms with Crippen LogP contribution in [0.5, 0.6) is 11.5 Å². The number of guanidine groups is 1. The van der Waals surface area contributed by atoms with Gasteiger partial charge in [-0.15, -0.1) is 0 Å². The van der Waals surface area contributed by atoms with Crippen LogP contribution in [0.25, 0.3) is 0 Å². The van der Waals surface area contributed by atoms with Gasteiger partial charge in [0.25, 0.3) is 5.91 Å². The Hall–Kier alpha value is -3.22. The van der Waals surface area contributed by atoms with Crippen molar-refractivity contribution in [1.82, 2.24) is 16.0 Å². The zero-order valence-electron chi connectivity index (χ0n) is 18.7. The minimum atomic E-state index is -0.0946. The minimum Gasteiger partial charge on any atom is -0.494 e. The molecule has 1 aliphatic rings. The number of nitrogens with zero attached hydrogens (tertiary/aromatic N) is 1. The molecule has 3 rings (SSSR count). The number of benzene rings is 2. The molecule has 0 spiro atoms. The van der Waals surface area contributed by atoms with Crippen molar-refractivity contribution < 1.29 is 14.3 Å². The first-order valence-corrected chi connectivity index (χ1v) is 10.8. The molecular formula is C24H32N4O3. The maximum Gasteiger partial charge on any atom is 0.251 e. The molecule has 1 atom stereocenters. The summed E-state index contributed by atoms with van der Waals surface area (Å²) >= 11 is 0. The molecule has 31 heavy (non-hydrogen) atoms. The molecule has 0 saturated heterocycles. The Morgan fingerprint density at radius 3 is 2.65 bits per heavy atom. The summed E-state index contributed by atoms with van der Waals surface area (Å²) in [6.07, 6.45) is 1.10. The molecule has 0 fully saturated rings. The fourth-order valence-electron chi connectivity index (χ4n) is 3.51. The lowest BCUT2D eigenvalue weighted by Crippen LogP contribution is -2.36. The van der Waals surface area contributed by atoms with E-state index in [4.69, 9.17) is 9.47 Å². The molecule has 7 heteroatoms. The summed E-state index contributed by atoms with van der Waals surface area (Å²) < 4.78 is 11.8. The molecule has 3 N–H and O–H groups in total. The molecule has 1 heterocycles. The Bertz CT molecular complexity index is 925. The second kappa shape index (κ2) is 10.7. The molecular weight excluding hydrogens is 392 g/mol. The van der Waals surface area contributed by atoms with Crippen molar-refractivity contribution in [1.29, 1.82) is 0 Å². The number of nitrogens with one attached hydrogen (secondary N) is 3. The quantitative estimate of drug-likeness (QED) is 0.448. The van der Waals surface area contributed by atoms with Crippen LogP contribution in [0.1, 0.15) is 47.8 Å². The number of carbonyl (C=O) groups is 1. The largest absolute Gasteiger partial charge is 0.494 e. The highest BCUT2D eigenvalue weighted by atomic mass is 16.5. The Morgan fingerprint density at radius 2 is 1.97 bits per heavy atom. The first kappa shape index (κ1) is 22.5. The maximum absolute atomic E-state index is 11.7. The van der Waals surface area contributed by atoms with Gasteiger partial charge in [-0.3, -0.25) is 4.79 Å². The molecule has 0 radical (unpaired) electrons. The van der Waals surface area contributed by atoms with E-state index in [0.717, 1.165) is 41.6 Å². The van der Waals surface area contributed by atoms with Crippen LogP contribution in [0.4, 0.5) is 0 Å². The predicted octanol–water partition coefficient (Wildman–Crippen LogP) is 3.02. The summed E-state index contributed by atoms with van der Waals surface area (Å²) in [5, 5.41) is 9.29. The molecule has 1 aliphatic heterocycles. The third-order valence-electron chi connectivity index (χ3n) is 5.03. The minimum absolute atomic E-state index is 0.0946. The SMILES string of the molecule is CCNC(=NCc1ccc(C(=O)NC)cc1)NCc1cc2c(cc1OCC)CC(C)O2.